The van der Waals surface area contributed by atoms with E-state index in [0.717, 1.165) is 41.1 Å². The molecule has 0 bridgehead atoms. The van der Waals surface area contributed by atoms with E-state index in [2.05, 4.69) is 43.9 Å². The Morgan fingerprint density at radius 2 is 2.25 bits per heavy atom. The molecule has 1 unspecified atom stereocenters. The van der Waals surface area contributed by atoms with Crippen molar-refractivity contribution in [2.75, 3.05) is 6.54 Å². The number of benzene rings is 1. The van der Waals surface area contributed by atoms with E-state index in [9.17, 15) is 0 Å². The molecule has 124 valence electrons. The molecule has 0 radical (unpaired) electrons. The summed E-state index contributed by atoms with van der Waals surface area (Å²) in [4.78, 5) is 4.63. The molecule has 2 N–H and O–H groups in total. The van der Waals surface area contributed by atoms with Crippen LogP contribution in [0, 0.1) is 5.92 Å². The zero-order valence-corrected chi connectivity index (χ0v) is 13.6. The fourth-order valence-electron chi connectivity index (χ4n) is 4.29. The summed E-state index contributed by atoms with van der Waals surface area (Å²) in [5.74, 6) is 2.19. The summed E-state index contributed by atoms with van der Waals surface area (Å²) in [6.07, 6.45) is 8.57. The minimum Gasteiger partial charge on any atom is -0.339 e. The van der Waals surface area contributed by atoms with Crippen LogP contribution in [0.1, 0.15) is 43.0 Å². The van der Waals surface area contributed by atoms with Gasteiger partial charge in [-0.2, -0.15) is 10.1 Å². The van der Waals surface area contributed by atoms with E-state index in [1.165, 1.54) is 25.7 Å². The summed E-state index contributed by atoms with van der Waals surface area (Å²) in [7, 11) is 0. The van der Waals surface area contributed by atoms with Crippen LogP contribution in [-0.2, 0) is 12.8 Å². The highest BCUT2D eigenvalue weighted by molar-refractivity contribution is 5.78. The normalized spacial score (nSPS) is 22.2. The van der Waals surface area contributed by atoms with Gasteiger partial charge in [0, 0.05) is 23.8 Å². The number of fused-ring (bicyclic) bond motifs is 1. The van der Waals surface area contributed by atoms with Crippen LogP contribution in [0.25, 0.3) is 10.9 Å². The summed E-state index contributed by atoms with van der Waals surface area (Å²) >= 11 is 0. The molecule has 6 nitrogen and oxygen atoms in total. The van der Waals surface area contributed by atoms with Gasteiger partial charge in [0.25, 0.3) is 0 Å². The van der Waals surface area contributed by atoms with Crippen LogP contribution < -0.4 is 5.32 Å². The molecule has 1 saturated heterocycles. The van der Waals surface area contributed by atoms with Crippen molar-refractivity contribution in [2.45, 2.75) is 44.1 Å². The van der Waals surface area contributed by atoms with Crippen molar-refractivity contribution in [3.05, 3.63) is 41.7 Å². The summed E-state index contributed by atoms with van der Waals surface area (Å²) in [5, 5.41) is 16.1. The molecule has 1 aromatic carbocycles. The summed E-state index contributed by atoms with van der Waals surface area (Å²) < 4.78 is 5.52. The fourth-order valence-corrected chi connectivity index (χ4v) is 4.29. The average Bonchev–Trinajstić information content (AvgIpc) is 3.26. The van der Waals surface area contributed by atoms with Gasteiger partial charge < -0.3 is 9.84 Å². The number of aromatic nitrogens is 4. The molecule has 1 saturated carbocycles. The Labute approximate surface area is 140 Å². The SMILES string of the molecule is c1cc2cn[nH]c2cc1Cc1noc(CC2CCNC23CCC3)n1. The van der Waals surface area contributed by atoms with Gasteiger partial charge in [-0.25, -0.2) is 0 Å². The largest absolute Gasteiger partial charge is 0.339 e. The highest BCUT2D eigenvalue weighted by Crippen LogP contribution is 2.44. The Bertz CT molecular complexity index is 863. The first kappa shape index (κ1) is 14.2. The number of H-pyrrole nitrogens is 1. The smallest absolute Gasteiger partial charge is 0.227 e. The van der Waals surface area contributed by atoms with E-state index in [-0.39, 0.29) is 0 Å². The lowest BCUT2D eigenvalue weighted by Gasteiger charge is -2.43. The number of hydrogen-bond donors (Lipinski definition) is 2. The molecule has 1 aliphatic carbocycles. The number of rotatable bonds is 4. The summed E-state index contributed by atoms with van der Waals surface area (Å²) in [6, 6.07) is 6.26. The molecule has 1 aliphatic heterocycles. The predicted molar refractivity (Wildman–Crippen MR) is 89.6 cm³/mol. The molecule has 2 aliphatic rings. The van der Waals surface area contributed by atoms with Gasteiger partial charge >= 0.3 is 0 Å². The molecular weight excluding hydrogens is 302 g/mol. The monoisotopic (exact) mass is 323 g/mol. The molecule has 0 amide bonds. The number of nitrogens with zero attached hydrogens (tertiary/aromatic N) is 3. The van der Waals surface area contributed by atoms with E-state index in [4.69, 9.17) is 4.52 Å². The minimum absolute atomic E-state index is 0.361. The second kappa shape index (κ2) is 5.41. The van der Waals surface area contributed by atoms with Crippen molar-refractivity contribution in [3.63, 3.8) is 0 Å². The van der Waals surface area contributed by atoms with Gasteiger partial charge in [0.1, 0.15) is 0 Å². The maximum atomic E-state index is 5.52. The zero-order valence-electron chi connectivity index (χ0n) is 13.6. The van der Waals surface area contributed by atoms with Crippen LogP contribution in [0.3, 0.4) is 0 Å². The molecule has 1 atom stereocenters. The van der Waals surface area contributed by atoms with E-state index in [0.29, 0.717) is 17.9 Å². The van der Waals surface area contributed by atoms with Crippen LogP contribution in [0.4, 0.5) is 0 Å². The number of nitrogens with one attached hydrogen (secondary N) is 2. The molecule has 2 fully saturated rings. The number of hydrogen-bond acceptors (Lipinski definition) is 5. The van der Waals surface area contributed by atoms with Gasteiger partial charge in [0.2, 0.25) is 5.89 Å². The topological polar surface area (TPSA) is 79.6 Å². The van der Waals surface area contributed by atoms with Crippen molar-refractivity contribution in [1.82, 2.24) is 25.7 Å². The third-order valence-corrected chi connectivity index (χ3v) is 5.80. The number of aromatic amines is 1. The molecule has 3 aromatic rings. The molecular formula is C18H21N5O. The standard InChI is InChI=1S/C18H21N5O/c1-5-18(6-1)14(4-7-19-18)10-17-21-16(23-24-17)9-12-2-3-13-11-20-22-15(13)8-12/h2-3,8,11,14,19H,1,4-7,9-10H2,(H,20,22). The van der Waals surface area contributed by atoms with E-state index < -0.39 is 0 Å². The first-order valence-electron chi connectivity index (χ1n) is 8.79. The summed E-state index contributed by atoms with van der Waals surface area (Å²) in [6.45, 7) is 1.12. The highest BCUT2D eigenvalue weighted by Gasteiger charge is 2.47. The molecule has 6 heteroatoms. The van der Waals surface area contributed by atoms with E-state index in [1.807, 2.05) is 6.20 Å². The van der Waals surface area contributed by atoms with Crippen LogP contribution in [0.15, 0.2) is 28.9 Å². The Balaban J connectivity index is 1.30. The molecule has 5 rings (SSSR count). The summed E-state index contributed by atoms with van der Waals surface area (Å²) in [5.41, 5.74) is 2.57. The third kappa shape index (κ3) is 2.33. The Kier molecular flexibility index (Phi) is 3.19. The van der Waals surface area contributed by atoms with Crippen LogP contribution >= 0.6 is 0 Å². The van der Waals surface area contributed by atoms with Gasteiger partial charge in [-0.15, -0.1) is 0 Å². The Morgan fingerprint density at radius 3 is 3.12 bits per heavy atom. The maximum absolute atomic E-state index is 5.52. The van der Waals surface area contributed by atoms with Gasteiger partial charge in [0.05, 0.1) is 11.7 Å². The maximum Gasteiger partial charge on any atom is 0.227 e. The Hall–Kier alpha value is -2.21. The quantitative estimate of drug-likeness (QED) is 0.771. The second-order valence-corrected chi connectivity index (χ2v) is 7.20. The fraction of sp³-hybridized carbons (Fsp3) is 0.500. The minimum atomic E-state index is 0.361. The lowest BCUT2D eigenvalue weighted by molar-refractivity contribution is 0.143. The average molecular weight is 323 g/mol. The van der Waals surface area contributed by atoms with Gasteiger partial charge in [-0.1, -0.05) is 17.3 Å². The molecule has 1 spiro atoms. The lowest BCUT2D eigenvalue weighted by atomic mass is 9.68. The van der Waals surface area contributed by atoms with Crippen molar-refractivity contribution < 1.29 is 4.52 Å². The second-order valence-electron chi connectivity index (χ2n) is 7.20. The van der Waals surface area contributed by atoms with E-state index in [1.54, 1.807) is 0 Å². The predicted octanol–water partition coefficient (Wildman–Crippen LogP) is 2.61. The van der Waals surface area contributed by atoms with Crippen molar-refractivity contribution >= 4 is 10.9 Å². The first-order valence-corrected chi connectivity index (χ1v) is 8.79. The Morgan fingerprint density at radius 1 is 1.29 bits per heavy atom. The van der Waals surface area contributed by atoms with Crippen molar-refractivity contribution in [2.24, 2.45) is 5.92 Å². The van der Waals surface area contributed by atoms with Crippen molar-refractivity contribution in [1.29, 1.82) is 0 Å². The van der Waals surface area contributed by atoms with Crippen LogP contribution in [0.5, 0.6) is 0 Å². The molecule has 3 heterocycles. The van der Waals surface area contributed by atoms with Crippen molar-refractivity contribution in [3.8, 4) is 0 Å². The lowest BCUT2D eigenvalue weighted by Crippen LogP contribution is -2.51. The van der Waals surface area contributed by atoms with E-state index >= 15 is 0 Å². The zero-order chi connectivity index (χ0) is 16.0. The third-order valence-electron chi connectivity index (χ3n) is 5.80. The van der Waals surface area contributed by atoms with Gasteiger partial charge in [0.15, 0.2) is 5.82 Å². The first-order chi connectivity index (χ1) is 11.8. The molecule has 24 heavy (non-hydrogen) atoms. The van der Waals surface area contributed by atoms with Gasteiger partial charge in [-0.05, 0) is 49.8 Å². The van der Waals surface area contributed by atoms with Crippen LogP contribution in [0.2, 0.25) is 0 Å². The molecule has 2 aromatic heterocycles. The van der Waals surface area contributed by atoms with Crippen LogP contribution in [-0.4, -0.2) is 32.4 Å². The van der Waals surface area contributed by atoms with Gasteiger partial charge in [-0.3, -0.25) is 5.10 Å². The highest BCUT2D eigenvalue weighted by atomic mass is 16.5.